The largest absolute Gasteiger partial charge is 0.414 e. The highest BCUT2D eigenvalue weighted by atomic mass is 28.4. The summed E-state index contributed by atoms with van der Waals surface area (Å²) in [6, 6.07) is 0. The Morgan fingerprint density at radius 1 is 0.300 bits per heavy atom. The van der Waals surface area contributed by atoms with E-state index in [1.165, 1.54) is 57.8 Å². The first kappa shape index (κ1) is 49.8. The SMILES string of the molecule is CCCCCCCCCCCCOCCOCCOCCOCCOCCOCCOCCOCCOCCOCCO[Si](C)(C)C(C)(C)C. The van der Waals surface area contributed by atoms with Crippen molar-refractivity contribution >= 4 is 8.32 Å². The molecule has 0 unspecified atom stereocenters. The maximum atomic E-state index is 6.09. The molecule has 0 bridgehead atoms. The molecule has 0 fully saturated rings. The predicted octanol–water partition coefficient (Wildman–Crippen LogP) is 7.10. The molecule has 302 valence electrons. The molecule has 0 atom stereocenters. The van der Waals surface area contributed by atoms with E-state index < -0.39 is 8.32 Å². The average molecular weight is 741 g/mol. The zero-order valence-electron chi connectivity index (χ0n) is 33.4. The average Bonchev–Trinajstić information content (AvgIpc) is 3.08. The van der Waals surface area contributed by atoms with E-state index in [4.69, 9.17) is 51.8 Å². The van der Waals surface area contributed by atoms with Gasteiger partial charge in [0.2, 0.25) is 0 Å². The molecular formula is C38H80O11Si. The van der Waals surface area contributed by atoms with Crippen LogP contribution in [0.5, 0.6) is 0 Å². The summed E-state index contributed by atoms with van der Waals surface area (Å²) in [5.74, 6) is 0. The maximum Gasteiger partial charge on any atom is 0.192 e. The Morgan fingerprint density at radius 2 is 0.520 bits per heavy atom. The van der Waals surface area contributed by atoms with Crippen molar-refractivity contribution in [1.29, 1.82) is 0 Å². The van der Waals surface area contributed by atoms with Gasteiger partial charge in [-0.1, -0.05) is 85.5 Å². The molecule has 0 aromatic carbocycles. The standard InChI is InChI=1S/C38H80O11Si/c1-7-8-9-10-11-12-13-14-15-16-17-39-18-19-40-20-21-41-22-23-42-24-25-43-26-27-44-28-29-45-30-31-46-32-33-47-34-35-48-36-37-49-50(5,6)38(2,3)4/h7-37H2,1-6H3. The van der Waals surface area contributed by atoms with Crippen LogP contribution < -0.4 is 0 Å². The molecule has 0 saturated heterocycles. The lowest BCUT2D eigenvalue weighted by Gasteiger charge is -2.36. The maximum absolute atomic E-state index is 6.09. The highest BCUT2D eigenvalue weighted by molar-refractivity contribution is 6.74. The zero-order chi connectivity index (χ0) is 36.7. The summed E-state index contributed by atoms with van der Waals surface area (Å²) in [7, 11) is -1.70. The van der Waals surface area contributed by atoms with E-state index in [1.54, 1.807) is 0 Å². The lowest BCUT2D eigenvalue weighted by atomic mass is 10.1. The van der Waals surface area contributed by atoms with Crippen LogP contribution in [0.3, 0.4) is 0 Å². The first-order valence-corrected chi connectivity index (χ1v) is 22.6. The lowest BCUT2D eigenvalue weighted by Crippen LogP contribution is -2.41. The molecule has 0 spiro atoms. The summed E-state index contributed by atoms with van der Waals surface area (Å²) in [4.78, 5) is 0. The Balaban J connectivity index is 3.11. The molecule has 0 aliphatic heterocycles. The van der Waals surface area contributed by atoms with Crippen molar-refractivity contribution in [2.75, 3.05) is 139 Å². The van der Waals surface area contributed by atoms with E-state index in [2.05, 4.69) is 40.8 Å². The molecule has 0 heterocycles. The summed E-state index contributed by atoms with van der Waals surface area (Å²) in [6.45, 7) is 25.5. The molecule has 0 aliphatic carbocycles. The van der Waals surface area contributed by atoms with Gasteiger partial charge in [-0.05, 0) is 24.6 Å². The van der Waals surface area contributed by atoms with Gasteiger partial charge in [-0.25, -0.2) is 0 Å². The zero-order valence-corrected chi connectivity index (χ0v) is 34.4. The Labute approximate surface area is 308 Å². The molecule has 50 heavy (non-hydrogen) atoms. The van der Waals surface area contributed by atoms with Crippen LogP contribution in [0.15, 0.2) is 0 Å². The van der Waals surface area contributed by atoms with Crippen LogP contribution >= 0.6 is 0 Å². The monoisotopic (exact) mass is 741 g/mol. The first-order chi connectivity index (χ1) is 24.3. The van der Waals surface area contributed by atoms with Crippen molar-refractivity contribution in [1.82, 2.24) is 0 Å². The van der Waals surface area contributed by atoms with Gasteiger partial charge >= 0.3 is 0 Å². The van der Waals surface area contributed by atoms with Gasteiger partial charge in [0.05, 0.1) is 132 Å². The second kappa shape index (κ2) is 38.5. The third kappa shape index (κ3) is 37.5. The lowest BCUT2D eigenvalue weighted by molar-refractivity contribution is -0.0267. The summed E-state index contributed by atoms with van der Waals surface area (Å²) in [5, 5.41) is 0.220. The van der Waals surface area contributed by atoms with Gasteiger partial charge in [0.1, 0.15) is 0 Å². The minimum absolute atomic E-state index is 0.220. The minimum atomic E-state index is -1.70. The van der Waals surface area contributed by atoms with Crippen LogP contribution in [0.4, 0.5) is 0 Å². The predicted molar refractivity (Wildman–Crippen MR) is 203 cm³/mol. The second-order valence-corrected chi connectivity index (χ2v) is 18.7. The van der Waals surface area contributed by atoms with E-state index in [9.17, 15) is 0 Å². The molecule has 0 radical (unpaired) electrons. The first-order valence-electron chi connectivity index (χ1n) is 19.7. The number of rotatable bonds is 42. The number of unbranched alkanes of at least 4 members (excludes halogenated alkanes) is 9. The molecule has 0 amide bonds. The van der Waals surface area contributed by atoms with Crippen molar-refractivity contribution in [2.24, 2.45) is 0 Å². The fourth-order valence-electron chi connectivity index (χ4n) is 4.35. The van der Waals surface area contributed by atoms with Crippen LogP contribution in [-0.4, -0.2) is 147 Å². The Bertz CT molecular complexity index is 653. The third-order valence-corrected chi connectivity index (χ3v) is 13.0. The van der Waals surface area contributed by atoms with E-state index in [1.807, 2.05) is 0 Å². The summed E-state index contributed by atoms with van der Waals surface area (Å²) < 4.78 is 61.5. The highest BCUT2D eigenvalue weighted by Gasteiger charge is 2.36. The van der Waals surface area contributed by atoms with Crippen molar-refractivity contribution in [2.45, 2.75) is 110 Å². The smallest absolute Gasteiger partial charge is 0.192 e. The van der Waals surface area contributed by atoms with Gasteiger partial charge in [0.15, 0.2) is 8.32 Å². The topological polar surface area (TPSA) is 102 Å². The molecule has 0 rings (SSSR count). The Kier molecular flexibility index (Phi) is 38.3. The molecule has 12 heteroatoms. The summed E-state index contributed by atoms with van der Waals surface area (Å²) in [5.41, 5.74) is 0. The van der Waals surface area contributed by atoms with Crippen molar-refractivity contribution in [3.05, 3.63) is 0 Å². The van der Waals surface area contributed by atoms with Crippen molar-refractivity contribution in [3.63, 3.8) is 0 Å². The van der Waals surface area contributed by atoms with Gasteiger partial charge in [-0.3, -0.25) is 0 Å². The van der Waals surface area contributed by atoms with Crippen LogP contribution in [0.2, 0.25) is 18.1 Å². The molecule has 11 nitrogen and oxygen atoms in total. The van der Waals surface area contributed by atoms with Gasteiger partial charge < -0.3 is 51.8 Å². The van der Waals surface area contributed by atoms with E-state index in [0.29, 0.717) is 132 Å². The number of hydrogen-bond acceptors (Lipinski definition) is 11. The quantitative estimate of drug-likeness (QED) is 0.0474. The van der Waals surface area contributed by atoms with Crippen LogP contribution in [0, 0.1) is 0 Å². The molecule has 0 saturated carbocycles. The molecule has 0 N–H and O–H groups in total. The van der Waals surface area contributed by atoms with Crippen molar-refractivity contribution in [3.8, 4) is 0 Å². The molecule has 0 aromatic heterocycles. The van der Waals surface area contributed by atoms with Gasteiger partial charge in [-0.2, -0.15) is 0 Å². The fourth-order valence-corrected chi connectivity index (χ4v) is 5.37. The Hall–Kier alpha value is -0.223. The summed E-state index contributed by atoms with van der Waals surface area (Å²) in [6.07, 6.45) is 13.4. The van der Waals surface area contributed by atoms with E-state index >= 15 is 0 Å². The summed E-state index contributed by atoms with van der Waals surface area (Å²) >= 11 is 0. The second-order valence-electron chi connectivity index (χ2n) is 13.9. The van der Waals surface area contributed by atoms with Crippen LogP contribution in [0.25, 0.3) is 0 Å². The van der Waals surface area contributed by atoms with E-state index in [0.717, 1.165) is 13.0 Å². The van der Waals surface area contributed by atoms with E-state index in [-0.39, 0.29) is 5.04 Å². The Morgan fingerprint density at radius 3 is 0.780 bits per heavy atom. The molecule has 0 aromatic rings. The molecular weight excluding hydrogens is 660 g/mol. The van der Waals surface area contributed by atoms with Crippen LogP contribution in [0.1, 0.15) is 91.9 Å². The minimum Gasteiger partial charge on any atom is -0.414 e. The third-order valence-electron chi connectivity index (χ3n) is 8.49. The van der Waals surface area contributed by atoms with Gasteiger partial charge in [-0.15, -0.1) is 0 Å². The van der Waals surface area contributed by atoms with Crippen LogP contribution in [-0.2, 0) is 51.8 Å². The molecule has 0 aliphatic rings. The van der Waals surface area contributed by atoms with Gasteiger partial charge in [0, 0.05) is 6.61 Å². The number of ether oxygens (including phenoxy) is 10. The highest BCUT2D eigenvalue weighted by Crippen LogP contribution is 2.36. The number of hydrogen-bond donors (Lipinski definition) is 0. The van der Waals surface area contributed by atoms with Gasteiger partial charge in [0.25, 0.3) is 0 Å². The fraction of sp³-hybridized carbons (Fsp3) is 1.00. The van der Waals surface area contributed by atoms with Crippen molar-refractivity contribution < 1.29 is 51.8 Å². The normalized spacial score (nSPS) is 12.4.